The van der Waals surface area contributed by atoms with Crippen LogP contribution in [-0.4, -0.2) is 30.8 Å². The van der Waals surface area contributed by atoms with Crippen LogP contribution in [0.25, 0.3) is 0 Å². The smallest absolute Gasteiger partial charge is 0.319 e. The van der Waals surface area contributed by atoms with Gasteiger partial charge in [0.1, 0.15) is 0 Å². The Morgan fingerprint density at radius 1 is 1.18 bits per heavy atom. The van der Waals surface area contributed by atoms with Crippen LogP contribution in [0.2, 0.25) is 0 Å². The summed E-state index contributed by atoms with van der Waals surface area (Å²) in [4.78, 5) is 24.7. The molecule has 1 fully saturated rings. The number of thioether (sulfide) groups is 1. The molecule has 0 heterocycles. The molecule has 1 aliphatic rings. The fourth-order valence-corrected chi connectivity index (χ4v) is 3.15. The molecule has 3 amide bonds. The van der Waals surface area contributed by atoms with E-state index in [2.05, 4.69) is 16.0 Å². The maximum absolute atomic E-state index is 11.9. The van der Waals surface area contributed by atoms with Gasteiger partial charge >= 0.3 is 6.03 Å². The van der Waals surface area contributed by atoms with Crippen LogP contribution in [0.1, 0.15) is 32.1 Å². The van der Waals surface area contributed by atoms with E-state index in [1.54, 1.807) is 11.8 Å². The van der Waals surface area contributed by atoms with Crippen molar-refractivity contribution in [3.05, 3.63) is 24.3 Å². The molecule has 3 N–H and O–H groups in total. The normalized spacial score (nSPS) is 15.1. The molecule has 1 saturated carbocycles. The van der Waals surface area contributed by atoms with Gasteiger partial charge in [0.2, 0.25) is 5.91 Å². The predicted molar refractivity (Wildman–Crippen MR) is 90.3 cm³/mol. The van der Waals surface area contributed by atoms with Crippen molar-refractivity contribution in [2.24, 2.45) is 0 Å². The Morgan fingerprint density at radius 3 is 2.64 bits per heavy atom. The quantitative estimate of drug-likeness (QED) is 0.730. The molecule has 120 valence electrons. The number of urea groups is 1. The number of nitrogens with one attached hydrogen (secondary N) is 3. The van der Waals surface area contributed by atoms with Crippen LogP contribution < -0.4 is 16.0 Å². The van der Waals surface area contributed by atoms with Crippen LogP contribution in [-0.2, 0) is 4.79 Å². The van der Waals surface area contributed by atoms with Crippen LogP contribution in [0.5, 0.6) is 0 Å². The zero-order valence-corrected chi connectivity index (χ0v) is 13.7. The van der Waals surface area contributed by atoms with Gasteiger partial charge in [0.05, 0.1) is 12.2 Å². The second-order valence-corrected chi connectivity index (χ2v) is 6.26. The molecule has 0 saturated heterocycles. The predicted octanol–water partition coefficient (Wildman–Crippen LogP) is 2.98. The van der Waals surface area contributed by atoms with Crippen molar-refractivity contribution in [3.8, 4) is 0 Å². The molecular weight excluding hydrogens is 298 g/mol. The average Bonchev–Trinajstić information content (AvgIpc) is 2.54. The summed E-state index contributed by atoms with van der Waals surface area (Å²) in [6, 6.07) is 7.48. The Labute approximate surface area is 135 Å². The number of carbonyl (C=O) groups excluding carboxylic acids is 2. The van der Waals surface area contributed by atoms with Gasteiger partial charge in [-0.25, -0.2) is 4.79 Å². The van der Waals surface area contributed by atoms with Crippen molar-refractivity contribution in [3.63, 3.8) is 0 Å². The van der Waals surface area contributed by atoms with Gasteiger partial charge in [0, 0.05) is 10.9 Å². The van der Waals surface area contributed by atoms with E-state index in [0.29, 0.717) is 0 Å². The van der Waals surface area contributed by atoms with E-state index in [0.717, 1.165) is 23.4 Å². The first-order valence-corrected chi connectivity index (χ1v) is 8.88. The van der Waals surface area contributed by atoms with Crippen molar-refractivity contribution in [2.75, 3.05) is 18.1 Å². The van der Waals surface area contributed by atoms with Gasteiger partial charge in [-0.15, -0.1) is 11.8 Å². The van der Waals surface area contributed by atoms with E-state index >= 15 is 0 Å². The molecule has 1 aliphatic carbocycles. The lowest BCUT2D eigenvalue weighted by molar-refractivity contribution is -0.120. The number of rotatable bonds is 5. The molecule has 22 heavy (non-hydrogen) atoms. The average molecular weight is 321 g/mol. The Kier molecular flexibility index (Phi) is 6.58. The second kappa shape index (κ2) is 8.68. The molecule has 0 spiro atoms. The van der Waals surface area contributed by atoms with Gasteiger partial charge in [-0.3, -0.25) is 4.79 Å². The lowest BCUT2D eigenvalue weighted by atomic mass is 9.95. The molecule has 1 aromatic carbocycles. The van der Waals surface area contributed by atoms with E-state index in [1.807, 2.05) is 30.5 Å². The fourth-order valence-electron chi connectivity index (χ4n) is 2.60. The van der Waals surface area contributed by atoms with Gasteiger partial charge < -0.3 is 16.0 Å². The monoisotopic (exact) mass is 321 g/mol. The summed E-state index contributed by atoms with van der Waals surface area (Å²) in [5.41, 5.74) is 0.750. The Bertz CT molecular complexity index is 516. The third kappa shape index (κ3) is 5.26. The summed E-state index contributed by atoms with van der Waals surface area (Å²) < 4.78 is 0. The SMILES string of the molecule is CSc1ccccc1NC(=O)NCC(=O)NC1CCCCC1. The molecule has 0 atom stereocenters. The van der Waals surface area contributed by atoms with Crippen LogP contribution in [0.4, 0.5) is 10.5 Å². The summed E-state index contributed by atoms with van der Waals surface area (Å²) in [5.74, 6) is -0.125. The maximum atomic E-state index is 11.9. The molecule has 0 bridgehead atoms. The first-order valence-electron chi connectivity index (χ1n) is 7.66. The van der Waals surface area contributed by atoms with Gasteiger partial charge in [-0.1, -0.05) is 31.4 Å². The van der Waals surface area contributed by atoms with Crippen molar-refractivity contribution in [1.82, 2.24) is 10.6 Å². The lowest BCUT2D eigenvalue weighted by Crippen LogP contribution is -2.43. The third-order valence-electron chi connectivity index (χ3n) is 3.73. The van der Waals surface area contributed by atoms with E-state index in [-0.39, 0.29) is 24.5 Å². The number of hydrogen-bond acceptors (Lipinski definition) is 3. The topological polar surface area (TPSA) is 70.2 Å². The zero-order chi connectivity index (χ0) is 15.8. The van der Waals surface area contributed by atoms with Gasteiger partial charge in [0.15, 0.2) is 0 Å². The number of benzene rings is 1. The highest BCUT2D eigenvalue weighted by molar-refractivity contribution is 7.98. The molecule has 5 nitrogen and oxygen atoms in total. The van der Waals surface area contributed by atoms with Gasteiger partial charge in [-0.05, 0) is 31.2 Å². The second-order valence-electron chi connectivity index (χ2n) is 5.41. The molecule has 2 rings (SSSR count). The van der Waals surface area contributed by atoms with Crippen LogP contribution >= 0.6 is 11.8 Å². The van der Waals surface area contributed by atoms with Gasteiger partial charge in [0.25, 0.3) is 0 Å². The largest absolute Gasteiger partial charge is 0.352 e. The molecule has 0 aliphatic heterocycles. The maximum Gasteiger partial charge on any atom is 0.319 e. The van der Waals surface area contributed by atoms with E-state index in [4.69, 9.17) is 0 Å². The lowest BCUT2D eigenvalue weighted by Gasteiger charge is -2.22. The minimum Gasteiger partial charge on any atom is -0.352 e. The fraction of sp³-hybridized carbons (Fsp3) is 0.500. The first-order chi connectivity index (χ1) is 10.7. The number of hydrogen-bond donors (Lipinski definition) is 3. The Morgan fingerprint density at radius 2 is 1.91 bits per heavy atom. The van der Waals surface area contributed by atoms with E-state index in [9.17, 15) is 9.59 Å². The van der Waals surface area contributed by atoms with Crippen molar-refractivity contribution in [1.29, 1.82) is 0 Å². The third-order valence-corrected chi connectivity index (χ3v) is 4.53. The van der Waals surface area contributed by atoms with Crippen LogP contribution in [0.3, 0.4) is 0 Å². The summed E-state index contributed by atoms with van der Waals surface area (Å²) in [5, 5.41) is 8.35. The molecule has 0 aromatic heterocycles. The highest BCUT2D eigenvalue weighted by atomic mass is 32.2. The van der Waals surface area contributed by atoms with E-state index < -0.39 is 0 Å². The number of para-hydroxylation sites is 1. The highest BCUT2D eigenvalue weighted by Gasteiger charge is 2.16. The van der Waals surface area contributed by atoms with Crippen molar-refractivity contribution < 1.29 is 9.59 Å². The van der Waals surface area contributed by atoms with Gasteiger partial charge in [-0.2, -0.15) is 0 Å². The minimum atomic E-state index is -0.361. The number of carbonyl (C=O) groups is 2. The first kappa shape index (κ1) is 16.7. The molecule has 1 aromatic rings. The number of amides is 3. The van der Waals surface area contributed by atoms with Crippen LogP contribution in [0.15, 0.2) is 29.2 Å². The summed E-state index contributed by atoms with van der Waals surface area (Å²) in [6.45, 7) is 0.00374. The number of anilines is 1. The molecule has 0 unspecified atom stereocenters. The Hall–Kier alpha value is -1.69. The summed E-state index contributed by atoms with van der Waals surface area (Å²) in [6.07, 6.45) is 7.63. The molecular formula is C16H23N3O2S. The highest BCUT2D eigenvalue weighted by Crippen LogP contribution is 2.24. The molecule has 6 heteroatoms. The van der Waals surface area contributed by atoms with Crippen molar-refractivity contribution >= 4 is 29.4 Å². The molecule has 0 radical (unpaired) electrons. The zero-order valence-electron chi connectivity index (χ0n) is 12.9. The standard InChI is InChI=1S/C16H23N3O2S/c1-22-14-10-6-5-9-13(14)19-16(21)17-11-15(20)18-12-7-3-2-4-8-12/h5-6,9-10,12H,2-4,7-8,11H2,1H3,(H,18,20)(H2,17,19,21). The van der Waals surface area contributed by atoms with E-state index in [1.165, 1.54) is 19.3 Å². The summed E-state index contributed by atoms with van der Waals surface area (Å²) in [7, 11) is 0. The Balaban J connectivity index is 1.73. The minimum absolute atomic E-state index is 0.00374. The van der Waals surface area contributed by atoms with Crippen molar-refractivity contribution in [2.45, 2.75) is 43.0 Å². The summed E-state index contributed by atoms with van der Waals surface area (Å²) >= 11 is 1.56. The van der Waals surface area contributed by atoms with Crippen LogP contribution in [0, 0.1) is 0 Å².